The molecule has 3 aliphatic rings. The van der Waals surface area contributed by atoms with Crippen molar-refractivity contribution in [3.63, 3.8) is 0 Å². The first-order valence-corrected chi connectivity index (χ1v) is 11.6. The molecular formula is C22H44IN5. The molecule has 1 aliphatic carbocycles. The van der Waals surface area contributed by atoms with Crippen LogP contribution in [0.1, 0.15) is 65.2 Å². The third-order valence-corrected chi connectivity index (χ3v) is 7.37. The third kappa shape index (κ3) is 6.46. The molecule has 2 aliphatic heterocycles. The highest BCUT2D eigenvalue weighted by atomic mass is 127. The minimum atomic E-state index is 0. The van der Waals surface area contributed by atoms with Crippen LogP contribution in [0.4, 0.5) is 0 Å². The zero-order valence-corrected chi connectivity index (χ0v) is 20.9. The summed E-state index contributed by atoms with van der Waals surface area (Å²) in [7, 11) is 1.96. The van der Waals surface area contributed by atoms with E-state index in [1.165, 1.54) is 97.2 Å². The number of nitrogens with zero attached hydrogens (tertiary/aromatic N) is 4. The van der Waals surface area contributed by atoms with Crippen LogP contribution in [0.15, 0.2) is 4.99 Å². The first-order valence-electron chi connectivity index (χ1n) is 11.6. The molecule has 2 saturated heterocycles. The number of hydrogen-bond donors (Lipinski definition) is 1. The second kappa shape index (κ2) is 11.9. The fourth-order valence-electron chi connectivity index (χ4n) is 5.50. The van der Waals surface area contributed by atoms with Crippen molar-refractivity contribution in [2.75, 3.05) is 59.4 Å². The van der Waals surface area contributed by atoms with E-state index in [2.05, 4.69) is 38.9 Å². The highest BCUT2D eigenvalue weighted by molar-refractivity contribution is 14.0. The van der Waals surface area contributed by atoms with E-state index in [1.807, 2.05) is 7.05 Å². The van der Waals surface area contributed by atoms with Gasteiger partial charge in [0.2, 0.25) is 0 Å². The summed E-state index contributed by atoms with van der Waals surface area (Å²) in [5.74, 6) is 1.14. The van der Waals surface area contributed by atoms with Gasteiger partial charge >= 0.3 is 0 Å². The van der Waals surface area contributed by atoms with Crippen LogP contribution in [-0.2, 0) is 0 Å². The van der Waals surface area contributed by atoms with Gasteiger partial charge in [0.1, 0.15) is 0 Å². The van der Waals surface area contributed by atoms with E-state index in [1.54, 1.807) is 0 Å². The Morgan fingerprint density at radius 3 is 2.21 bits per heavy atom. The lowest BCUT2D eigenvalue weighted by Crippen LogP contribution is -2.55. The Morgan fingerprint density at radius 1 is 0.964 bits per heavy atom. The highest BCUT2D eigenvalue weighted by Gasteiger charge is 2.36. The SMILES string of the molecule is CCN1CCN(C(C)CNC(=NC)N2CCCC3(CCCCCC3)C2)CC1.I. The maximum absolute atomic E-state index is 4.66. The molecule has 0 aromatic heterocycles. The first kappa shape index (κ1) is 24.2. The maximum atomic E-state index is 4.66. The Hall–Kier alpha value is -0.0800. The van der Waals surface area contributed by atoms with E-state index in [0.717, 1.165) is 12.5 Å². The molecule has 5 nitrogen and oxygen atoms in total. The number of piperazine rings is 1. The molecule has 0 bridgehead atoms. The quantitative estimate of drug-likeness (QED) is 0.360. The van der Waals surface area contributed by atoms with Crippen molar-refractivity contribution in [2.24, 2.45) is 10.4 Å². The van der Waals surface area contributed by atoms with E-state index in [9.17, 15) is 0 Å². The molecule has 1 N–H and O–H groups in total. The second-order valence-electron chi connectivity index (χ2n) is 9.19. The van der Waals surface area contributed by atoms with Gasteiger partial charge in [0.25, 0.3) is 0 Å². The van der Waals surface area contributed by atoms with Crippen molar-refractivity contribution < 1.29 is 0 Å². The van der Waals surface area contributed by atoms with E-state index in [-0.39, 0.29) is 24.0 Å². The molecule has 0 amide bonds. The van der Waals surface area contributed by atoms with Crippen LogP contribution in [0.3, 0.4) is 0 Å². The Labute approximate surface area is 190 Å². The summed E-state index contributed by atoms with van der Waals surface area (Å²) in [6, 6.07) is 0.567. The monoisotopic (exact) mass is 505 g/mol. The molecule has 164 valence electrons. The average Bonchev–Trinajstić information content (AvgIpc) is 2.93. The fraction of sp³-hybridized carbons (Fsp3) is 0.955. The Morgan fingerprint density at radius 2 is 1.61 bits per heavy atom. The molecule has 3 rings (SSSR count). The Bertz CT molecular complexity index is 468. The lowest BCUT2D eigenvalue weighted by molar-refractivity contribution is 0.103. The van der Waals surface area contributed by atoms with Crippen molar-refractivity contribution in [1.82, 2.24) is 20.0 Å². The molecule has 0 aromatic rings. The largest absolute Gasteiger partial charge is 0.355 e. The van der Waals surface area contributed by atoms with Crippen molar-refractivity contribution in [3.05, 3.63) is 0 Å². The minimum Gasteiger partial charge on any atom is -0.355 e. The van der Waals surface area contributed by atoms with Gasteiger partial charge in [0, 0.05) is 58.9 Å². The highest BCUT2D eigenvalue weighted by Crippen LogP contribution is 2.42. The minimum absolute atomic E-state index is 0. The number of likely N-dealkylation sites (N-methyl/N-ethyl adjacent to an activating group) is 1. The topological polar surface area (TPSA) is 34.1 Å². The molecule has 0 aromatic carbocycles. The molecule has 2 heterocycles. The molecule has 1 saturated carbocycles. The standard InChI is InChI=1S/C22H43N5.HI/c1-4-25-14-16-26(17-15-25)20(2)18-24-21(23-3)27-13-9-12-22(19-27)10-7-5-6-8-11-22;/h20H,4-19H2,1-3H3,(H,23,24);1H. The zero-order valence-electron chi connectivity index (χ0n) is 18.6. The van der Waals surface area contributed by atoms with Gasteiger partial charge in [-0.2, -0.15) is 0 Å². The van der Waals surface area contributed by atoms with Gasteiger partial charge in [-0.25, -0.2) is 0 Å². The van der Waals surface area contributed by atoms with Gasteiger partial charge < -0.3 is 15.1 Å². The van der Waals surface area contributed by atoms with Crippen LogP contribution < -0.4 is 5.32 Å². The number of likely N-dealkylation sites (tertiary alicyclic amines) is 1. The summed E-state index contributed by atoms with van der Waals surface area (Å²) >= 11 is 0. The summed E-state index contributed by atoms with van der Waals surface area (Å²) in [5, 5.41) is 3.72. The van der Waals surface area contributed by atoms with E-state index in [0.29, 0.717) is 11.5 Å². The summed E-state index contributed by atoms with van der Waals surface area (Å²) in [5.41, 5.74) is 0.564. The Kier molecular flexibility index (Phi) is 10.3. The Balaban J connectivity index is 0.00000280. The summed E-state index contributed by atoms with van der Waals surface area (Å²) in [4.78, 5) is 12.4. The molecule has 6 heteroatoms. The first-order chi connectivity index (χ1) is 13.2. The molecular weight excluding hydrogens is 461 g/mol. The lowest BCUT2D eigenvalue weighted by atomic mass is 9.74. The summed E-state index contributed by atoms with van der Waals surface area (Å²) < 4.78 is 0. The van der Waals surface area contributed by atoms with E-state index < -0.39 is 0 Å². The van der Waals surface area contributed by atoms with Crippen molar-refractivity contribution in [2.45, 2.75) is 71.3 Å². The van der Waals surface area contributed by atoms with Gasteiger partial charge in [-0.3, -0.25) is 9.89 Å². The van der Waals surface area contributed by atoms with Crippen molar-refractivity contribution in [3.8, 4) is 0 Å². The average molecular weight is 506 g/mol. The van der Waals surface area contributed by atoms with Crippen LogP contribution in [0.25, 0.3) is 0 Å². The number of aliphatic imine (C=N–C) groups is 1. The maximum Gasteiger partial charge on any atom is 0.193 e. The zero-order chi connectivity index (χ0) is 19.1. The van der Waals surface area contributed by atoms with Crippen LogP contribution in [-0.4, -0.2) is 86.1 Å². The van der Waals surface area contributed by atoms with Gasteiger partial charge in [-0.1, -0.05) is 32.6 Å². The van der Waals surface area contributed by atoms with Gasteiger partial charge in [-0.15, -0.1) is 24.0 Å². The fourth-order valence-corrected chi connectivity index (χ4v) is 5.50. The number of nitrogens with one attached hydrogen (secondary N) is 1. The van der Waals surface area contributed by atoms with Crippen LogP contribution in [0.5, 0.6) is 0 Å². The van der Waals surface area contributed by atoms with E-state index >= 15 is 0 Å². The number of halogens is 1. The van der Waals surface area contributed by atoms with Gasteiger partial charge in [-0.05, 0) is 44.6 Å². The van der Waals surface area contributed by atoms with Crippen molar-refractivity contribution in [1.29, 1.82) is 0 Å². The normalized spacial score (nSPS) is 25.8. The predicted molar refractivity (Wildman–Crippen MR) is 131 cm³/mol. The van der Waals surface area contributed by atoms with Crippen LogP contribution >= 0.6 is 24.0 Å². The number of hydrogen-bond acceptors (Lipinski definition) is 3. The molecule has 28 heavy (non-hydrogen) atoms. The third-order valence-electron chi connectivity index (χ3n) is 7.37. The lowest BCUT2D eigenvalue weighted by Gasteiger charge is -2.44. The molecule has 1 atom stereocenters. The second-order valence-corrected chi connectivity index (χ2v) is 9.19. The van der Waals surface area contributed by atoms with Gasteiger partial charge in [0.05, 0.1) is 0 Å². The number of rotatable bonds is 4. The van der Waals surface area contributed by atoms with Crippen LogP contribution in [0, 0.1) is 5.41 Å². The number of guanidine groups is 1. The molecule has 1 spiro atoms. The van der Waals surface area contributed by atoms with Crippen molar-refractivity contribution >= 4 is 29.9 Å². The van der Waals surface area contributed by atoms with E-state index in [4.69, 9.17) is 0 Å². The summed E-state index contributed by atoms with van der Waals surface area (Å²) in [6.07, 6.45) is 11.4. The predicted octanol–water partition coefficient (Wildman–Crippen LogP) is 3.64. The molecule has 1 unspecified atom stereocenters. The van der Waals surface area contributed by atoms with Gasteiger partial charge in [0.15, 0.2) is 5.96 Å². The molecule has 3 fully saturated rings. The number of piperidine rings is 1. The molecule has 0 radical (unpaired) electrons. The van der Waals surface area contributed by atoms with Crippen LogP contribution in [0.2, 0.25) is 0 Å². The smallest absolute Gasteiger partial charge is 0.193 e. The summed E-state index contributed by atoms with van der Waals surface area (Å²) in [6.45, 7) is 14.0.